The number of carbonyl (C=O) groups excluding carboxylic acids is 1. The minimum Gasteiger partial charge on any atom is -0.493 e. The molecule has 1 unspecified atom stereocenters. The highest BCUT2D eigenvalue weighted by molar-refractivity contribution is 5.98. The summed E-state index contributed by atoms with van der Waals surface area (Å²) in [6.07, 6.45) is -4.67. The molecule has 1 heterocycles. The molecule has 0 spiro atoms. The van der Waals surface area contributed by atoms with Crippen molar-refractivity contribution in [2.24, 2.45) is 0 Å². The maximum Gasteiger partial charge on any atom is 0.417 e. The maximum absolute atomic E-state index is 13.3. The van der Waals surface area contributed by atoms with Crippen molar-refractivity contribution in [3.05, 3.63) is 53.1 Å². The van der Waals surface area contributed by atoms with Gasteiger partial charge >= 0.3 is 6.18 Å². The van der Waals surface area contributed by atoms with Crippen LogP contribution in [-0.2, 0) is 6.18 Å². The standard InChI is InChI=1S/C22H22F3N3O4/c1-31-19-5-3-4-17(20(19)32-2)21(30)28-9-8-27(12-16(28)13-29)15-7-6-14(11-26)18(10-15)22(23,24)25/h3-7,10,16,29H,8-9,12-13H2,1-2H3. The van der Waals surface area contributed by atoms with E-state index in [1.165, 1.54) is 25.2 Å². The molecule has 2 aromatic rings. The van der Waals surface area contributed by atoms with Crippen LogP contribution in [0.5, 0.6) is 11.5 Å². The van der Waals surface area contributed by atoms with E-state index in [9.17, 15) is 23.1 Å². The number of nitrogens with zero attached hydrogens (tertiary/aromatic N) is 3. The van der Waals surface area contributed by atoms with Crippen LogP contribution in [0.15, 0.2) is 36.4 Å². The predicted molar refractivity (Wildman–Crippen MR) is 110 cm³/mol. The Bertz CT molecular complexity index is 1040. The summed E-state index contributed by atoms with van der Waals surface area (Å²) in [4.78, 5) is 16.3. The van der Waals surface area contributed by atoms with Crippen LogP contribution in [0.4, 0.5) is 18.9 Å². The summed E-state index contributed by atoms with van der Waals surface area (Å²) in [5.74, 6) is 0.270. The van der Waals surface area contributed by atoms with E-state index < -0.39 is 23.3 Å². The van der Waals surface area contributed by atoms with E-state index in [-0.39, 0.29) is 49.1 Å². The van der Waals surface area contributed by atoms with Crippen LogP contribution in [-0.4, -0.2) is 62.4 Å². The average Bonchev–Trinajstić information content (AvgIpc) is 2.81. The van der Waals surface area contributed by atoms with Crippen LogP contribution in [0.1, 0.15) is 21.5 Å². The number of nitriles is 1. The third-order valence-corrected chi connectivity index (χ3v) is 5.38. The number of alkyl halides is 3. The van der Waals surface area contributed by atoms with Gasteiger partial charge in [-0.25, -0.2) is 0 Å². The molecule has 0 radical (unpaired) electrons. The summed E-state index contributed by atoms with van der Waals surface area (Å²) < 4.78 is 50.5. The van der Waals surface area contributed by atoms with Gasteiger partial charge in [-0.3, -0.25) is 4.79 Å². The highest BCUT2D eigenvalue weighted by Gasteiger charge is 2.36. The van der Waals surface area contributed by atoms with Crippen LogP contribution in [0, 0.1) is 11.3 Å². The summed E-state index contributed by atoms with van der Waals surface area (Å²) in [6.45, 7) is 0.165. The molecule has 1 amide bonds. The minimum absolute atomic E-state index is 0.123. The van der Waals surface area contributed by atoms with Gasteiger partial charge in [0, 0.05) is 25.3 Å². The third-order valence-electron chi connectivity index (χ3n) is 5.38. The van der Waals surface area contributed by atoms with Gasteiger partial charge in [0.15, 0.2) is 11.5 Å². The van der Waals surface area contributed by atoms with Crippen molar-refractivity contribution in [3.63, 3.8) is 0 Å². The first-order valence-electron chi connectivity index (χ1n) is 9.74. The molecule has 0 saturated carbocycles. The molecule has 1 fully saturated rings. The van der Waals surface area contributed by atoms with E-state index >= 15 is 0 Å². The van der Waals surface area contributed by atoms with Crippen LogP contribution in [0.3, 0.4) is 0 Å². The Hall–Kier alpha value is -3.45. The van der Waals surface area contributed by atoms with E-state index in [1.54, 1.807) is 29.2 Å². The van der Waals surface area contributed by atoms with Gasteiger partial charge in [0.25, 0.3) is 5.91 Å². The first kappa shape index (κ1) is 23.2. The number of carbonyl (C=O) groups is 1. The second-order valence-corrected chi connectivity index (χ2v) is 7.16. The molecule has 2 aromatic carbocycles. The Morgan fingerprint density at radius 1 is 1.22 bits per heavy atom. The second-order valence-electron chi connectivity index (χ2n) is 7.16. The van der Waals surface area contributed by atoms with Crippen LogP contribution in [0.2, 0.25) is 0 Å². The summed E-state index contributed by atoms with van der Waals surface area (Å²) in [6, 6.07) is 9.28. The molecule has 1 aliphatic rings. The second kappa shape index (κ2) is 9.36. The van der Waals surface area contributed by atoms with Gasteiger partial charge < -0.3 is 24.4 Å². The molecule has 0 aliphatic carbocycles. The van der Waals surface area contributed by atoms with E-state index in [0.717, 1.165) is 12.1 Å². The van der Waals surface area contributed by atoms with E-state index in [4.69, 9.17) is 14.7 Å². The van der Waals surface area contributed by atoms with Crippen LogP contribution >= 0.6 is 0 Å². The SMILES string of the molecule is COc1cccc(C(=O)N2CCN(c3ccc(C#N)c(C(F)(F)F)c3)CC2CO)c1OC. The molecule has 3 rings (SSSR count). The number of ether oxygens (including phenoxy) is 2. The van der Waals surface area contributed by atoms with E-state index in [2.05, 4.69) is 0 Å². The molecule has 0 aromatic heterocycles. The number of methoxy groups -OCH3 is 2. The Morgan fingerprint density at radius 2 is 1.97 bits per heavy atom. The summed E-state index contributed by atoms with van der Waals surface area (Å²) in [5.41, 5.74) is -0.950. The number of piperazine rings is 1. The first-order valence-corrected chi connectivity index (χ1v) is 9.74. The lowest BCUT2D eigenvalue weighted by Crippen LogP contribution is -2.56. The van der Waals surface area contributed by atoms with Crippen molar-refractivity contribution in [3.8, 4) is 17.6 Å². The van der Waals surface area contributed by atoms with Crippen molar-refractivity contribution in [1.82, 2.24) is 4.90 Å². The number of halogens is 3. The number of aliphatic hydroxyl groups excluding tert-OH is 1. The number of aliphatic hydroxyl groups is 1. The molecule has 7 nitrogen and oxygen atoms in total. The Kier molecular flexibility index (Phi) is 6.79. The molecule has 1 aliphatic heterocycles. The molecular weight excluding hydrogens is 427 g/mol. The van der Waals surface area contributed by atoms with Gasteiger partial charge in [-0.2, -0.15) is 18.4 Å². The zero-order valence-corrected chi connectivity index (χ0v) is 17.5. The zero-order valence-electron chi connectivity index (χ0n) is 17.5. The fraction of sp³-hybridized carbons (Fsp3) is 0.364. The zero-order chi connectivity index (χ0) is 23.5. The Labute approximate surface area is 183 Å². The van der Waals surface area contributed by atoms with Gasteiger partial charge in [-0.15, -0.1) is 0 Å². The number of anilines is 1. The number of amides is 1. The number of hydrogen-bond donors (Lipinski definition) is 1. The summed E-state index contributed by atoms with van der Waals surface area (Å²) in [7, 11) is 2.87. The largest absolute Gasteiger partial charge is 0.493 e. The van der Waals surface area contributed by atoms with Crippen molar-refractivity contribution >= 4 is 11.6 Å². The Morgan fingerprint density at radius 3 is 2.56 bits per heavy atom. The van der Waals surface area contributed by atoms with E-state index in [1.807, 2.05) is 0 Å². The molecule has 1 N–H and O–H groups in total. The lowest BCUT2D eigenvalue weighted by molar-refractivity contribution is -0.137. The van der Waals surface area contributed by atoms with Gasteiger partial charge in [0.05, 0.1) is 49.6 Å². The number of benzene rings is 2. The van der Waals surface area contributed by atoms with Crippen molar-refractivity contribution in [2.75, 3.05) is 45.4 Å². The average molecular weight is 449 g/mol. The molecule has 170 valence electrons. The topological polar surface area (TPSA) is 86.0 Å². The number of hydrogen-bond acceptors (Lipinski definition) is 6. The smallest absolute Gasteiger partial charge is 0.417 e. The number of rotatable bonds is 5. The molecule has 0 bridgehead atoms. The third kappa shape index (κ3) is 4.43. The quantitative estimate of drug-likeness (QED) is 0.756. The molecule has 1 atom stereocenters. The van der Waals surface area contributed by atoms with Gasteiger partial charge in [-0.1, -0.05) is 6.07 Å². The lowest BCUT2D eigenvalue weighted by atomic mass is 10.0. The first-order chi connectivity index (χ1) is 15.2. The van der Waals surface area contributed by atoms with Gasteiger partial charge in [0.2, 0.25) is 0 Å². The van der Waals surface area contributed by atoms with Crippen molar-refractivity contribution in [2.45, 2.75) is 12.2 Å². The van der Waals surface area contributed by atoms with Gasteiger partial charge in [0.1, 0.15) is 0 Å². The molecule has 32 heavy (non-hydrogen) atoms. The highest BCUT2D eigenvalue weighted by atomic mass is 19.4. The Balaban J connectivity index is 1.87. The summed E-state index contributed by atoms with van der Waals surface area (Å²) >= 11 is 0. The lowest BCUT2D eigenvalue weighted by Gasteiger charge is -2.42. The normalized spacial score (nSPS) is 16.5. The maximum atomic E-state index is 13.3. The van der Waals surface area contributed by atoms with Crippen LogP contribution in [0.25, 0.3) is 0 Å². The fourth-order valence-electron chi connectivity index (χ4n) is 3.78. The number of para-hydroxylation sites is 1. The van der Waals surface area contributed by atoms with Crippen molar-refractivity contribution < 1.29 is 32.5 Å². The van der Waals surface area contributed by atoms with Gasteiger partial charge in [-0.05, 0) is 30.3 Å². The molecule has 1 saturated heterocycles. The highest BCUT2D eigenvalue weighted by Crippen LogP contribution is 2.36. The molecule has 10 heteroatoms. The minimum atomic E-state index is -4.67. The fourth-order valence-corrected chi connectivity index (χ4v) is 3.78. The molecular formula is C22H22F3N3O4. The predicted octanol–water partition coefficient (Wildman–Crippen LogP) is 2.92. The van der Waals surface area contributed by atoms with Crippen molar-refractivity contribution in [1.29, 1.82) is 5.26 Å². The van der Waals surface area contributed by atoms with E-state index in [0.29, 0.717) is 5.75 Å². The van der Waals surface area contributed by atoms with Crippen LogP contribution < -0.4 is 14.4 Å². The summed E-state index contributed by atoms with van der Waals surface area (Å²) in [5, 5.41) is 18.9. The monoisotopic (exact) mass is 449 g/mol.